The number of nitriles is 1. The molecule has 0 radical (unpaired) electrons. The molecule has 0 aliphatic heterocycles. The van der Waals surface area contributed by atoms with Gasteiger partial charge in [-0.05, 0) is 30.3 Å². The molecule has 2 heterocycles. The molecular formula is C18H7FN4O. The van der Waals surface area contributed by atoms with Crippen molar-refractivity contribution < 1.29 is 4.39 Å². The van der Waals surface area contributed by atoms with Gasteiger partial charge in [-0.25, -0.2) is 19.5 Å². The topological polar surface area (TPSA) is 62.5 Å². The normalized spacial score (nSPS) is 12.3. The van der Waals surface area contributed by atoms with E-state index in [0.717, 1.165) is 0 Å². The van der Waals surface area contributed by atoms with Crippen LogP contribution in [0.4, 0.5) is 4.39 Å². The zero-order valence-corrected chi connectivity index (χ0v) is 12.1. The number of benzene rings is 2. The lowest BCUT2D eigenvalue weighted by atomic mass is 10.2. The van der Waals surface area contributed by atoms with Crippen LogP contribution in [0.1, 0.15) is 0 Å². The average molecular weight is 314 g/mol. The smallest absolute Gasteiger partial charge is 0.268 e. The average Bonchev–Trinajstić information content (AvgIpc) is 2.90. The van der Waals surface area contributed by atoms with Gasteiger partial charge in [0, 0.05) is 10.6 Å². The molecule has 0 saturated heterocycles. The molecule has 0 aliphatic carbocycles. The van der Waals surface area contributed by atoms with E-state index in [1.54, 1.807) is 24.3 Å². The van der Waals surface area contributed by atoms with Crippen LogP contribution in [0.2, 0.25) is 0 Å². The first-order valence-corrected chi connectivity index (χ1v) is 7.00. The van der Waals surface area contributed by atoms with E-state index in [0.29, 0.717) is 21.8 Å². The van der Waals surface area contributed by atoms with E-state index in [9.17, 15) is 14.4 Å². The van der Waals surface area contributed by atoms with Gasteiger partial charge in [0.05, 0.1) is 29.1 Å². The lowest BCUT2D eigenvalue weighted by Gasteiger charge is -1.99. The standard InChI is InChI=1S/C18H7FN4O/c1-21-14(9-20)16-12-8-10(19)6-7-15(12)23-17(16)22-13-5-3-2-4-11(13)18(23)24/h2-8H. The summed E-state index contributed by atoms with van der Waals surface area (Å²) in [6.07, 6.45) is 0. The van der Waals surface area contributed by atoms with Crippen LogP contribution in [0.5, 0.6) is 0 Å². The Kier molecular flexibility index (Phi) is 2.81. The fraction of sp³-hybridized carbons (Fsp3) is 0. The predicted molar refractivity (Wildman–Crippen MR) is 87.3 cm³/mol. The molecule has 4 rings (SSSR count). The molecule has 4 aromatic rings. The summed E-state index contributed by atoms with van der Waals surface area (Å²) in [7, 11) is 0. The molecule has 0 saturated carbocycles. The highest BCUT2D eigenvalue weighted by molar-refractivity contribution is 5.94. The number of hydrogen-bond acceptors (Lipinski definition) is 3. The van der Waals surface area contributed by atoms with E-state index in [4.69, 9.17) is 6.57 Å². The minimum atomic E-state index is -0.515. The summed E-state index contributed by atoms with van der Waals surface area (Å²) in [6.45, 7) is 7.21. The van der Waals surface area contributed by atoms with E-state index >= 15 is 0 Å². The van der Waals surface area contributed by atoms with Crippen LogP contribution in [0, 0.1) is 23.7 Å². The van der Waals surface area contributed by atoms with Crippen molar-refractivity contribution in [1.29, 1.82) is 5.26 Å². The number of rotatable bonds is 0. The van der Waals surface area contributed by atoms with Gasteiger partial charge in [-0.3, -0.25) is 9.20 Å². The Morgan fingerprint density at radius 3 is 2.79 bits per heavy atom. The minimum absolute atomic E-state index is 0.185. The molecule has 0 amide bonds. The second-order valence-corrected chi connectivity index (χ2v) is 5.20. The predicted octanol–water partition coefficient (Wildman–Crippen LogP) is 2.41. The Balaban J connectivity index is 2.49. The van der Waals surface area contributed by atoms with Gasteiger partial charge in [-0.15, -0.1) is 0 Å². The third-order valence-corrected chi connectivity index (χ3v) is 3.92. The first-order chi connectivity index (χ1) is 11.7. The number of hydrogen-bond donors (Lipinski definition) is 0. The third kappa shape index (κ3) is 1.71. The maximum absolute atomic E-state index is 13.7. The van der Waals surface area contributed by atoms with E-state index in [1.165, 1.54) is 22.6 Å². The molecule has 6 heteroatoms. The van der Waals surface area contributed by atoms with E-state index in [2.05, 4.69) is 9.83 Å². The van der Waals surface area contributed by atoms with Crippen LogP contribution in [-0.4, -0.2) is 9.38 Å². The maximum atomic E-state index is 13.7. The molecule has 0 N–H and O–H groups in total. The molecule has 0 spiro atoms. The van der Waals surface area contributed by atoms with Crippen LogP contribution in [-0.2, 0) is 0 Å². The molecular weight excluding hydrogens is 307 g/mol. The Labute approximate surface area is 134 Å². The van der Waals surface area contributed by atoms with Gasteiger partial charge >= 0.3 is 0 Å². The lowest BCUT2D eigenvalue weighted by molar-refractivity contribution is 0.629. The van der Waals surface area contributed by atoms with Crippen molar-refractivity contribution in [2.45, 2.75) is 0 Å². The van der Waals surface area contributed by atoms with Gasteiger partial charge in [0.15, 0.2) is 0 Å². The second-order valence-electron chi connectivity index (χ2n) is 5.20. The summed E-state index contributed by atoms with van der Waals surface area (Å²) >= 11 is 0. The van der Waals surface area contributed by atoms with Crippen LogP contribution < -0.4 is 10.8 Å². The largest absolute Gasteiger partial charge is 0.273 e. The van der Waals surface area contributed by atoms with E-state index < -0.39 is 5.82 Å². The highest BCUT2D eigenvalue weighted by Gasteiger charge is 2.16. The number of fused-ring (bicyclic) bond motifs is 4. The summed E-state index contributed by atoms with van der Waals surface area (Å²) in [6, 6.07) is 12.5. The second kappa shape index (κ2) is 4.87. The molecule has 0 unspecified atom stereocenters. The van der Waals surface area contributed by atoms with Crippen molar-refractivity contribution in [3.63, 3.8) is 0 Å². The van der Waals surface area contributed by atoms with Crippen LogP contribution >= 0.6 is 0 Å². The van der Waals surface area contributed by atoms with Crippen molar-refractivity contribution in [3.05, 3.63) is 75.3 Å². The molecule has 0 aliphatic rings. The zero-order valence-electron chi connectivity index (χ0n) is 12.1. The lowest BCUT2D eigenvalue weighted by Crippen LogP contribution is -2.16. The molecule has 0 fully saturated rings. The summed E-state index contributed by atoms with van der Waals surface area (Å²) in [5, 5.41) is 10.2. The molecule has 112 valence electrons. The van der Waals surface area contributed by atoms with Gasteiger partial charge in [-0.2, -0.15) is 0 Å². The monoisotopic (exact) mass is 314 g/mol. The quantitative estimate of drug-likeness (QED) is 0.468. The van der Waals surface area contributed by atoms with Crippen molar-refractivity contribution >= 4 is 33.2 Å². The van der Waals surface area contributed by atoms with Gasteiger partial charge in [0.2, 0.25) is 0 Å². The van der Waals surface area contributed by atoms with Gasteiger partial charge in [0.25, 0.3) is 11.3 Å². The maximum Gasteiger partial charge on any atom is 0.273 e. The summed E-state index contributed by atoms with van der Waals surface area (Å²) < 4.78 is 15.0. The van der Waals surface area contributed by atoms with Crippen LogP contribution in [0.25, 0.3) is 38.0 Å². The van der Waals surface area contributed by atoms with E-state index in [1.807, 2.05) is 6.07 Å². The minimum Gasteiger partial charge on any atom is -0.268 e. The fourth-order valence-corrected chi connectivity index (χ4v) is 2.92. The van der Waals surface area contributed by atoms with Crippen LogP contribution in [0.3, 0.4) is 0 Å². The van der Waals surface area contributed by atoms with E-state index in [-0.39, 0.29) is 22.1 Å². The molecule has 2 aromatic heterocycles. The molecule has 5 nitrogen and oxygen atoms in total. The number of para-hydroxylation sites is 1. The van der Waals surface area contributed by atoms with Gasteiger partial charge in [-0.1, -0.05) is 12.1 Å². The summed E-state index contributed by atoms with van der Waals surface area (Å²) in [5.41, 5.74) is 0.519. The van der Waals surface area contributed by atoms with Gasteiger partial charge in [0.1, 0.15) is 11.5 Å². The highest BCUT2D eigenvalue weighted by atomic mass is 19.1. The Morgan fingerprint density at radius 1 is 1.25 bits per heavy atom. The van der Waals surface area contributed by atoms with Crippen molar-refractivity contribution in [3.8, 4) is 6.07 Å². The Morgan fingerprint density at radius 2 is 2.04 bits per heavy atom. The van der Waals surface area contributed by atoms with Crippen LogP contribution in [0.15, 0.2) is 47.3 Å². The zero-order chi connectivity index (χ0) is 16.8. The Bertz CT molecular complexity index is 1340. The first kappa shape index (κ1) is 13.9. The molecule has 24 heavy (non-hydrogen) atoms. The fourth-order valence-electron chi connectivity index (χ4n) is 2.92. The summed E-state index contributed by atoms with van der Waals surface area (Å²) in [4.78, 5) is 20.5. The van der Waals surface area contributed by atoms with Crippen molar-refractivity contribution in [2.24, 2.45) is 0 Å². The molecule has 0 atom stereocenters. The SMILES string of the molecule is [C-]#[N+]C(C#N)=c1c2cc(F)ccc2n2c(=O)c3ccccc3nc12. The number of halogens is 1. The number of nitrogens with zero attached hydrogens (tertiary/aromatic N) is 4. The summed E-state index contributed by atoms with van der Waals surface area (Å²) in [5.74, 6) is -0.515. The first-order valence-electron chi connectivity index (χ1n) is 7.00. The van der Waals surface area contributed by atoms with Crippen molar-refractivity contribution in [1.82, 2.24) is 9.38 Å². The molecule has 2 aromatic carbocycles. The Hall–Kier alpha value is -3.77. The van der Waals surface area contributed by atoms with Crippen molar-refractivity contribution in [2.75, 3.05) is 0 Å². The highest BCUT2D eigenvalue weighted by Crippen LogP contribution is 2.18. The third-order valence-electron chi connectivity index (χ3n) is 3.92. The molecule has 0 bridgehead atoms. The van der Waals surface area contributed by atoms with Gasteiger partial charge < -0.3 is 0 Å². The number of aromatic nitrogens is 2.